The Balaban J connectivity index is 2.44. The summed E-state index contributed by atoms with van der Waals surface area (Å²) in [5.74, 6) is 1.67. The highest BCUT2D eigenvalue weighted by atomic mass is 16.5. The lowest BCUT2D eigenvalue weighted by Crippen LogP contribution is -2.47. The summed E-state index contributed by atoms with van der Waals surface area (Å²) >= 11 is 0. The van der Waals surface area contributed by atoms with E-state index in [0.29, 0.717) is 5.41 Å². The van der Waals surface area contributed by atoms with Crippen LogP contribution in [0, 0.1) is 17.3 Å². The van der Waals surface area contributed by atoms with Crippen molar-refractivity contribution in [3.63, 3.8) is 0 Å². The van der Waals surface area contributed by atoms with E-state index in [1.807, 2.05) is 7.11 Å². The van der Waals surface area contributed by atoms with E-state index in [2.05, 4.69) is 34.6 Å². The highest BCUT2D eigenvalue weighted by molar-refractivity contribution is 4.96. The predicted molar refractivity (Wildman–Crippen MR) is 56.8 cm³/mol. The molecular formula is C12H24O. The molecule has 0 amide bonds. The van der Waals surface area contributed by atoms with Crippen molar-refractivity contribution in [2.24, 2.45) is 17.3 Å². The first-order valence-electron chi connectivity index (χ1n) is 5.34. The van der Waals surface area contributed by atoms with Crippen molar-refractivity contribution in [1.82, 2.24) is 0 Å². The van der Waals surface area contributed by atoms with E-state index in [9.17, 15) is 0 Å². The van der Waals surface area contributed by atoms with Crippen LogP contribution in [0.15, 0.2) is 0 Å². The SMILES string of the molecule is COC1(C)CC([C@H](C)C(C)(C)C)C1. The second-order valence-electron chi connectivity index (χ2n) is 5.98. The minimum Gasteiger partial charge on any atom is -0.379 e. The molecular weight excluding hydrogens is 160 g/mol. The molecule has 1 rings (SSSR count). The van der Waals surface area contributed by atoms with Gasteiger partial charge in [0.15, 0.2) is 0 Å². The summed E-state index contributed by atoms with van der Waals surface area (Å²) in [6, 6.07) is 0. The second-order valence-corrected chi connectivity index (χ2v) is 5.98. The Hall–Kier alpha value is -0.0400. The van der Waals surface area contributed by atoms with Crippen molar-refractivity contribution in [3.8, 4) is 0 Å². The summed E-state index contributed by atoms with van der Waals surface area (Å²) in [6.45, 7) is 11.6. The first-order valence-corrected chi connectivity index (χ1v) is 5.34. The normalized spacial score (nSPS) is 36.9. The van der Waals surface area contributed by atoms with E-state index < -0.39 is 0 Å². The largest absolute Gasteiger partial charge is 0.379 e. The zero-order valence-corrected chi connectivity index (χ0v) is 9.98. The van der Waals surface area contributed by atoms with E-state index in [1.54, 1.807) is 0 Å². The fraction of sp³-hybridized carbons (Fsp3) is 1.00. The molecule has 0 aromatic heterocycles. The maximum atomic E-state index is 5.47. The first kappa shape index (κ1) is 11.0. The van der Waals surface area contributed by atoms with Gasteiger partial charge in [0.05, 0.1) is 5.60 Å². The molecule has 0 radical (unpaired) electrons. The van der Waals surface area contributed by atoms with Crippen LogP contribution in [0.2, 0.25) is 0 Å². The summed E-state index contributed by atoms with van der Waals surface area (Å²) in [7, 11) is 1.83. The standard InChI is InChI=1S/C12H24O/c1-9(11(2,3)4)10-7-12(5,8-10)13-6/h9-10H,7-8H2,1-6H3/t9-,10?,12?/m0/s1. The fourth-order valence-corrected chi connectivity index (χ4v) is 2.28. The molecule has 0 bridgehead atoms. The van der Waals surface area contributed by atoms with Crippen LogP contribution in [0.25, 0.3) is 0 Å². The first-order chi connectivity index (χ1) is 5.78. The van der Waals surface area contributed by atoms with Gasteiger partial charge in [-0.15, -0.1) is 0 Å². The average Bonchev–Trinajstić information content (AvgIpc) is 1.95. The van der Waals surface area contributed by atoms with Gasteiger partial charge in [-0.1, -0.05) is 27.7 Å². The van der Waals surface area contributed by atoms with Gasteiger partial charge in [0.1, 0.15) is 0 Å². The van der Waals surface area contributed by atoms with Crippen molar-refractivity contribution in [2.45, 2.75) is 53.1 Å². The van der Waals surface area contributed by atoms with Crippen LogP contribution in [0.4, 0.5) is 0 Å². The molecule has 0 N–H and O–H groups in total. The molecule has 0 aliphatic heterocycles. The Morgan fingerprint density at radius 3 is 2.08 bits per heavy atom. The summed E-state index contributed by atoms with van der Waals surface area (Å²) in [5, 5.41) is 0. The molecule has 1 atom stereocenters. The van der Waals surface area contributed by atoms with Gasteiger partial charge in [-0.25, -0.2) is 0 Å². The highest BCUT2D eigenvalue weighted by Crippen LogP contribution is 2.48. The minimum absolute atomic E-state index is 0.185. The number of hydrogen-bond acceptors (Lipinski definition) is 1. The van der Waals surface area contributed by atoms with Crippen LogP contribution in [0.1, 0.15) is 47.5 Å². The Morgan fingerprint density at radius 2 is 1.77 bits per heavy atom. The van der Waals surface area contributed by atoms with E-state index in [1.165, 1.54) is 12.8 Å². The molecule has 1 aliphatic rings. The van der Waals surface area contributed by atoms with E-state index in [0.717, 1.165) is 11.8 Å². The van der Waals surface area contributed by atoms with Crippen LogP contribution >= 0.6 is 0 Å². The Labute approximate surface area is 82.9 Å². The van der Waals surface area contributed by atoms with Gasteiger partial charge in [-0.05, 0) is 37.0 Å². The van der Waals surface area contributed by atoms with Gasteiger partial charge >= 0.3 is 0 Å². The molecule has 1 aliphatic carbocycles. The minimum atomic E-state index is 0.185. The molecule has 1 heteroatoms. The molecule has 0 aromatic carbocycles. The quantitative estimate of drug-likeness (QED) is 0.638. The zero-order chi connectivity index (χ0) is 10.3. The van der Waals surface area contributed by atoms with Crippen LogP contribution in [-0.2, 0) is 4.74 Å². The third-order valence-electron chi connectivity index (χ3n) is 3.95. The molecule has 1 saturated carbocycles. The highest BCUT2D eigenvalue weighted by Gasteiger charge is 2.45. The van der Waals surface area contributed by atoms with Gasteiger partial charge in [-0.2, -0.15) is 0 Å². The third kappa shape index (κ3) is 2.25. The van der Waals surface area contributed by atoms with Crippen molar-refractivity contribution in [2.75, 3.05) is 7.11 Å². The molecule has 1 nitrogen and oxygen atoms in total. The van der Waals surface area contributed by atoms with Crippen molar-refractivity contribution in [3.05, 3.63) is 0 Å². The van der Waals surface area contributed by atoms with Gasteiger partial charge in [0, 0.05) is 7.11 Å². The second kappa shape index (κ2) is 3.27. The van der Waals surface area contributed by atoms with Crippen LogP contribution in [-0.4, -0.2) is 12.7 Å². The average molecular weight is 184 g/mol. The monoisotopic (exact) mass is 184 g/mol. The fourth-order valence-electron chi connectivity index (χ4n) is 2.28. The Kier molecular flexibility index (Phi) is 2.78. The zero-order valence-electron chi connectivity index (χ0n) is 9.98. The summed E-state index contributed by atoms with van der Waals surface area (Å²) in [4.78, 5) is 0. The molecule has 0 saturated heterocycles. The maximum Gasteiger partial charge on any atom is 0.0656 e. The number of hydrogen-bond donors (Lipinski definition) is 0. The predicted octanol–water partition coefficient (Wildman–Crippen LogP) is 3.48. The van der Waals surface area contributed by atoms with Gasteiger partial charge in [-0.3, -0.25) is 0 Å². The lowest BCUT2D eigenvalue weighted by molar-refractivity contribution is -0.115. The molecule has 13 heavy (non-hydrogen) atoms. The number of rotatable bonds is 2. The van der Waals surface area contributed by atoms with Gasteiger partial charge in [0.25, 0.3) is 0 Å². The van der Waals surface area contributed by atoms with Crippen molar-refractivity contribution >= 4 is 0 Å². The summed E-state index contributed by atoms with van der Waals surface area (Å²) < 4.78 is 5.47. The molecule has 1 fully saturated rings. The molecule has 78 valence electrons. The molecule has 0 heterocycles. The molecule has 0 aromatic rings. The summed E-state index contributed by atoms with van der Waals surface area (Å²) in [6.07, 6.45) is 2.48. The smallest absolute Gasteiger partial charge is 0.0656 e. The number of methoxy groups -OCH3 is 1. The lowest BCUT2D eigenvalue weighted by atomic mass is 9.60. The van der Waals surface area contributed by atoms with Crippen LogP contribution in [0.5, 0.6) is 0 Å². The van der Waals surface area contributed by atoms with Crippen LogP contribution in [0.3, 0.4) is 0 Å². The Bertz CT molecular complexity index is 172. The van der Waals surface area contributed by atoms with Gasteiger partial charge < -0.3 is 4.74 Å². The van der Waals surface area contributed by atoms with Gasteiger partial charge in [0.2, 0.25) is 0 Å². The van der Waals surface area contributed by atoms with Crippen molar-refractivity contribution in [1.29, 1.82) is 0 Å². The topological polar surface area (TPSA) is 9.23 Å². The summed E-state index contributed by atoms with van der Waals surface area (Å²) in [5.41, 5.74) is 0.629. The molecule has 0 unspecified atom stereocenters. The maximum absolute atomic E-state index is 5.47. The van der Waals surface area contributed by atoms with E-state index in [-0.39, 0.29) is 5.60 Å². The van der Waals surface area contributed by atoms with E-state index in [4.69, 9.17) is 4.74 Å². The Morgan fingerprint density at radius 1 is 1.31 bits per heavy atom. The van der Waals surface area contributed by atoms with Crippen molar-refractivity contribution < 1.29 is 4.74 Å². The number of ether oxygens (including phenoxy) is 1. The van der Waals surface area contributed by atoms with Crippen LogP contribution < -0.4 is 0 Å². The molecule has 0 spiro atoms. The lowest BCUT2D eigenvalue weighted by Gasteiger charge is -2.50. The third-order valence-corrected chi connectivity index (χ3v) is 3.95. The van der Waals surface area contributed by atoms with E-state index >= 15 is 0 Å².